The van der Waals surface area contributed by atoms with E-state index < -0.39 is 0 Å². The van der Waals surface area contributed by atoms with Gasteiger partial charge in [0.25, 0.3) is 0 Å². The number of likely N-dealkylation sites (N-methyl/N-ethyl adjacent to an activating group) is 1. The van der Waals surface area contributed by atoms with Gasteiger partial charge in [0.15, 0.2) is 0 Å². The molecule has 1 amide bonds. The predicted molar refractivity (Wildman–Crippen MR) is 88.8 cm³/mol. The Bertz CT molecular complexity index is 772. The Morgan fingerprint density at radius 1 is 1.33 bits per heavy atom. The first-order valence-corrected chi connectivity index (χ1v) is 7.81. The number of nitrogens with zero attached hydrogens (tertiary/aromatic N) is 5. The van der Waals surface area contributed by atoms with Gasteiger partial charge in [-0.2, -0.15) is 10.1 Å². The second-order valence-electron chi connectivity index (χ2n) is 6.04. The second kappa shape index (κ2) is 6.10. The molecule has 1 aliphatic rings. The number of rotatable bonds is 4. The minimum atomic E-state index is -0.129. The monoisotopic (exact) mass is 330 g/mol. The fraction of sp³-hybridized carbons (Fsp3) is 0.500. The van der Waals surface area contributed by atoms with Crippen LogP contribution in [0.1, 0.15) is 29.4 Å². The van der Waals surface area contributed by atoms with Crippen molar-refractivity contribution in [1.82, 2.24) is 24.6 Å². The Morgan fingerprint density at radius 2 is 2.08 bits per heavy atom. The van der Waals surface area contributed by atoms with E-state index in [0.717, 1.165) is 17.0 Å². The summed E-state index contributed by atoms with van der Waals surface area (Å²) >= 11 is 0. The second-order valence-corrected chi connectivity index (χ2v) is 6.04. The molecule has 1 fully saturated rings. The first-order chi connectivity index (χ1) is 11.4. The number of nitrogens with one attached hydrogen (secondary N) is 1. The summed E-state index contributed by atoms with van der Waals surface area (Å²) in [5, 5.41) is 7.77. The fourth-order valence-electron chi connectivity index (χ4n) is 3.30. The Hall–Kier alpha value is -2.64. The van der Waals surface area contributed by atoms with Gasteiger partial charge in [-0.3, -0.25) is 9.48 Å². The molecule has 8 heteroatoms. The molecule has 24 heavy (non-hydrogen) atoms. The van der Waals surface area contributed by atoms with Crippen LogP contribution < -0.4 is 10.1 Å². The number of carbonyl (C=O) groups excluding carboxylic acids is 1. The predicted octanol–water partition coefficient (Wildman–Crippen LogP) is 1.22. The first-order valence-electron chi connectivity index (χ1n) is 7.81. The Labute approximate surface area is 140 Å². The summed E-state index contributed by atoms with van der Waals surface area (Å²) in [6.07, 6.45) is 2.01. The lowest BCUT2D eigenvalue weighted by atomic mass is 9.98. The van der Waals surface area contributed by atoms with Crippen molar-refractivity contribution in [3.05, 3.63) is 29.2 Å². The molecule has 0 aromatic carbocycles. The number of anilines is 1. The van der Waals surface area contributed by atoms with Gasteiger partial charge in [-0.15, -0.1) is 0 Å². The largest absolute Gasteiger partial charge is 0.481 e. The lowest BCUT2D eigenvalue weighted by Crippen LogP contribution is -2.31. The molecule has 1 aliphatic heterocycles. The zero-order valence-corrected chi connectivity index (χ0v) is 14.6. The van der Waals surface area contributed by atoms with Crippen LogP contribution in [0.5, 0.6) is 5.88 Å². The number of hydrogen-bond donors (Lipinski definition) is 1. The minimum absolute atomic E-state index is 0.0862. The van der Waals surface area contributed by atoms with Crippen LogP contribution in [0.15, 0.2) is 12.3 Å². The smallest absolute Gasteiger partial charge is 0.226 e. The molecule has 2 atom stereocenters. The van der Waals surface area contributed by atoms with Crippen molar-refractivity contribution in [2.45, 2.75) is 32.4 Å². The highest BCUT2D eigenvalue weighted by Gasteiger charge is 2.41. The summed E-state index contributed by atoms with van der Waals surface area (Å²) < 4.78 is 6.98. The lowest BCUT2D eigenvalue weighted by Gasteiger charge is -2.26. The maximum absolute atomic E-state index is 12.3. The molecule has 1 N–H and O–H groups in total. The summed E-state index contributed by atoms with van der Waals surface area (Å²) in [5.74, 6) is 1.02. The zero-order valence-electron chi connectivity index (χ0n) is 14.6. The van der Waals surface area contributed by atoms with Crippen molar-refractivity contribution in [3.8, 4) is 5.88 Å². The van der Waals surface area contributed by atoms with Gasteiger partial charge in [0.1, 0.15) is 0 Å². The van der Waals surface area contributed by atoms with Crippen molar-refractivity contribution < 1.29 is 9.53 Å². The third-order valence-corrected chi connectivity index (χ3v) is 4.60. The van der Waals surface area contributed by atoms with Crippen LogP contribution in [0.2, 0.25) is 0 Å². The van der Waals surface area contributed by atoms with Crippen molar-refractivity contribution in [2.75, 3.05) is 19.5 Å². The molecule has 8 nitrogen and oxygen atoms in total. The van der Waals surface area contributed by atoms with Crippen molar-refractivity contribution in [2.24, 2.45) is 7.05 Å². The average Bonchev–Trinajstić information content (AvgIpc) is 2.96. The average molecular weight is 330 g/mol. The molecule has 0 radical (unpaired) electrons. The number of likely N-dealkylation sites (tertiary alicyclic amines) is 1. The van der Waals surface area contributed by atoms with Gasteiger partial charge in [0.05, 0.1) is 24.9 Å². The number of aromatic nitrogens is 4. The van der Waals surface area contributed by atoms with Crippen molar-refractivity contribution in [1.29, 1.82) is 0 Å². The summed E-state index contributed by atoms with van der Waals surface area (Å²) in [7, 11) is 5.30. The van der Waals surface area contributed by atoms with Crippen LogP contribution in [-0.2, 0) is 11.8 Å². The van der Waals surface area contributed by atoms with E-state index in [1.165, 1.54) is 0 Å². The quantitative estimate of drug-likeness (QED) is 0.907. The topological polar surface area (TPSA) is 85.2 Å². The Kier molecular flexibility index (Phi) is 4.13. The molecule has 0 saturated carbocycles. The number of aryl methyl sites for hydroxylation is 2. The van der Waals surface area contributed by atoms with Gasteiger partial charge in [0.2, 0.25) is 17.7 Å². The molecule has 3 heterocycles. The highest BCUT2D eigenvalue weighted by atomic mass is 16.5. The summed E-state index contributed by atoms with van der Waals surface area (Å²) in [6.45, 7) is 3.99. The number of ether oxygens (including phenoxy) is 1. The van der Waals surface area contributed by atoms with Crippen LogP contribution in [0.3, 0.4) is 0 Å². The van der Waals surface area contributed by atoms with Crippen LogP contribution in [0.25, 0.3) is 0 Å². The molecule has 2 aromatic heterocycles. The molecule has 3 rings (SSSR count). The molecular weight excluding hydrogens is 308 g/mol. The molecule has 0 spiro atoms. The van der Waals surface area contributed by atoms with Crippen LogP contribution in [0, 0.1) is 13.8 Å². The minimum Gasteiger partial charge on any atom is -0.481 e. The van der Waals surface area contributed by atoms with E-state index in [0.29, 0.717) is 18.2 Å². The molecule has 128 valence electrons. The standard InChI is InChI=1S/C16H22N6O2/c1-9-14(10(2)22(4)20-9)15-11(8-13(23)21(15)3)18-16-17-7-6-12(19-16)24-5/h6-7,11,15H,8H2,1-5H3,(H,17,18,19)/t11-,15-/m1/s1. The third kappa shape index (κ3) is 2.68. The van der Waals surface area contributed by atoms with Gasteiger partial charge < -0.3 is 15.0 Å². The fourth-order valence-corrected chi connectivity index (χ4v) is 3.30. The van der Waals surface area contributed by atoms with Gasteiger partial charge >= 0.3 is 0 Å². The maximum atomic E-state index is 12.3. The lowest BCUT2D eigenvalue weighted by molar-refractivity contribution is -0.127. The van der Waals surface area contributed by atoms with Crippen LogP contribution >= 0.6 is 0 Å². The van der Waals surface area contributed by atoms with E-state index in [-0.39, 0.29) is 18.0 Å². The molecule has 0 bridgehead atoms. The van der Waals surface area contributed by atoms with Crippen molar-refractivity contribution in [3.63, 3.8) is 0 Å². The van der Waals surface area contributed by atoms with E-state index in [1.54, 1.807) is 24.3 Å². The summed E-state index contributed by atoms with van der Waals surface area (Å²) in [4.78, 5) is 22.6. The number of hydrogen-bond acceptors (Lipinski definition) is 6. The number of carbonyl (C=O) groups is 1. The Morgan fingerprint density at radius 3 is 2.71 bits per heavy atom. The van der Waals surface area contributed by atoms with E-state index in [1.807, 2.05) is 32.6 Å². The van der Waals surface area contributed by atoms with E-state index in [9.17, 15) is 4.79 Å². The van der Waals surface area contributed by atoms with E-state index in [2.05, 4.69) is 20.4 Å². The van der Waals surface area contributed by atoms with Gasteiger partial charge in [0, 0.05) is 44.0 Å². The highest BCUT2D eigenvalue weighted by molar-refractivity contribution is 5.81. The molecular formula is C16H22N6O2. The van der Waals surface area contributed by atoms with Crippen LogP contribution in [-0.4, -0.2) is 50.8 Å². The zero-order chi connectivity index (χ0) is 17.4. The Balaban J connectivity index is 1.95. The maximum Gasteiger partial charge on any atom is 0.226 e. The third-order valence-electron chi connectivity index (χ3n) is 4.60. The number of amides is 1. The first kappa shape index (κ1) is 16.2. The van der Waals surface area contributed by atoms with Gasteiger partial charge in [-0.1, -0.05) is 0 Å². The number of methoxy groups -OCH3 is 1. The summed E-state index contributed by atoms with van der Waals surface area (Å²) in [5.41, 5.74) is 3.06. The van der Waals surface area contributed by atoms with Gasteiger partial charge in [-0.25, -0.2) is 4.98 Å². The van der Waals surface area contributed by atoms with Crippen molar-refractivity contribution >= 4 is 11.9 Å². The van der Waals surface area contributed by atoms with Gasteiger partial charge in [-0.05, 0) is 13.8 Å². The van der Waals surface area contributed by atoms with Crippen LogP contribution in [0.4, 0.5) is 5.95 Å². The summed E-state index contributed by atoms with van der Waals surface area (Å²) in [6, 6.07) is 1.45. The highest BCUT2D eigenvalue weighted by Crippen LogP contribution is 2.36. The molecule has 1 saturated heterocycles. The molecule has 0 unspecified atom stereocenters. The molecule has 0 aliphatic carbocycles. The molecule has 2 aromatic rings. The van der Waals surface area contributed by atoms with E-state index in [4.69, 9.17) is 4.74 Å². The SMILES string of the molecule is COc1ccnc(N[C@@H]2CC(=O)N(C)[C@H]2c2c(C)nn(C)c2C)n1. The van der Waals surface area contributed by atoms with E-state index >= 15 is 0 Å². The normalized spacial score (nSPS) is 20.5.